The van der Waals surface area contributed by atoms with Gasteiger partial charge in [0.25, 0.3) is 0 Å². The Balaban J connectivity index is 2.72. The molecule has 1 rings (SSSR count). The van der Waals surface area contributed by atoms with Crippen LogP contribution >= 0.6 is 10.8 Å². The first kappa shape index (κ1) is 18.0. The van der Waals surface area contributed by atoms with Gasteiger partial charge in [0.2, 0.25) is 0 Å². The summed E-state index contributed by atoms with van der Waals surface area (Å²) in [6.07, 6.45) is -0.619. The normalized spacial score (nSPS) is 13.1. The highest BCUT2D eigenvalue weighted by Gasteiger charge is 2.24. The minimum atomic E-state index is -1.48. The Hall–Kier alpha value is -1.01. The van der Waals surface area contributed by atoms with Gasteiger partial charge in [0.15, 0.2) is 10.0 Å². The van der Waals surface area contributed by atoms with Gasteiger partial charge in [-0.3, -0.25) is 0 Å². The third kappa shape index (κ3) is 6.09. The SMILES string of the molecule is CC(C)c1cccc(OC(=O)N(C)S(=O)SC(C)(C)C)c1. The summed E-state index contributed by atoms with van der Waals surface area (Å²) in [5, 5.41) is 0. The van der Waals surface area contributed by atoms with Gasteiger partial charge in [0.1, 0.15) is 5.75 Å². The van der Waals surface area contributed by atoms with E-state index in [0.29, 0.717) is 11.7 Å². The molecule has 0 N–H and O–H groups in total. The zero-order valence-electron chi connectivity index (χ0n) is 13.4. The Kier molecular flexibility index (Phi) is 6.28. The van der Waals surface area contributed by atoms with Crippen molar-refractivity contribution in [3.8, 4) is 5.75 Å². The number of hydrogen-bond donors (Lipinski definition) is 0. The lowest BCUT2D eigenvalue weighted by Gasteiger charge is -2.21. The molecule has 0 aliphatic rings. The monoisotopic (exact) mass is 329 g/mol. The molecule has 0 bridgehead atoms. The van der Waals surface area contributed by atoms with Gasteiger partial charge in [0, 0.05) is 11.8 Å². The number of rotatable bonds is 4. The standard InChI is InChI=1S/C15H23NO3S2/c1-11(2)12-8-7-9-13(10-12)19-14(17)16(6)21(18)20-15(3,4)5/h7-11H,1-6H3. The topological polar surface area (TPSA) is 46.6 Å². The number of amides is 1. The zero-order valence-corrected chi connectivity index (χ0v) is 15.0. The lowest BCUT2D eigenvalue weighted by Crippen LogP contribution is -2.31. The summed E-state index contributed by atoms with van der Waals surface area (Å²) in [5.41, 5.74) is 1.09. The van der Waals surface area contributed by atoms with E-state index in [9.17, 15) is 9.00 Å². The van der Waals surface area contributed by atoms with Crippen LogP contribution in [0.5, 0.6) is 5.75 Å². The van der Waals surface area contributed by atoms with E-state index in [1.165, 1.54) is 17.8 Å². The van der Waals surface area contributed by atoms with Crippen LogP contribution in [0.25, 0.3) is 0 Å². The summed E-state index contributed by atoms with van der Waals surface area (Å²) in [6.45, 7) is 9.98. The van der Waals surface area contributed by atoms with Gasteiger partial charge in [-0.25, -0.2) is 13.3 Å². The van der Waals surface area contributed by atoms with Crippen molar-refractivity contribution in [2.75, 3.05) is 7.05 Å². The van der Waals surface area contributed by atoms with Gasteiger partial charge < -0.3 is 4.74 Å². The Labute approximate surface area is 133 Å². The molecular formula is C15H23NO3S2. The minimum Gasteiger partial charge on any atom is -0.410 e. The fourth-order valence-electron chi connectivity index (χ4n) is 1.43. The van der Waals surface area contributed by atoms with Crippen molar-refractivity contribution in [3.05, 3.63) is 29.8 Å². The van der Waals surface area contributed by atoms with Gasteiger partial charge in [-0.15, -0.1) is 0 Å². The predicted molar refractivity (Wildman–Crippen MR) is 89.8 cm³/mol. The molecule has 0 aliphatic carbocycles. The molecule has 0 spiro atoms. The number of carbonyl (C=O) groups is 1. The van der Waals surface area contributed by atoms with E-state index < -0.39 is 16.1 Å². The molecule has 0 heterocycles. The molecule has 1 unspecified atom stereocenters. The van der Waals surface area contributed by atoms with Crippen LogP contribution in [0, 0.1) is 0 Å². The number of benzene rings is 1. The molecule has 4 nitrogen and oxygen atoms in total. The molecule has 1 atom stereocenters. The Morgan fingerprint density at radius 1 is 1.33 bits per heavy atom. The van der Waals surface area contributed by atoms with Gasteiger partial charge in [0.05, 0.1) is 0 Å². The summed E-state index contributed by atoms with van der Waals surface area (Å²) >= 11 is 0. The molecule has 0 aromatic heterocycles. The smallest absolute Gasteiger partial charge is 0.410 e. The molecule has 21 heavy (non-hydrogen) atoms. The quantitative estimate of drug-likeness (QED) is 0.770. The molecule has 1 amide bonds. The van der Waals surface area contributed by atoms with Crippen LogP contribution in [-0.2, 0) is 10.0 Å². The highest BCUT2D eigenvalue weighted by Crippen LogP contribution is 2.28. The van der Waals surface area contributed by atoms with Crippen molar-refractivity contribution < 1.29 is 13.7 Å². The van der Waals surface area contributed by atoms with Crippen molar-refractivity contribution in [3.63, 3.8) is 0 Å². The van der Waals surface area contributed by atoms with E-state index in [1.807, 2.05) is 39.0 Å². The first-order chi connectivity index (χ1) is 9.60. The maximum Gasteiger partial charge on any atom is 0.427 e. The summed E-state index contributed by atoms with van der Waals surface area (Å²) in [6, 6.07) is 7.38. The third-order valence-electron chi connectivity index (χ3n) is 2.53. The van der Waals surface area contributed by atoms with Gasteiger partial charge in [-0.05, 0) is 55.2 Å². The first-order valence-electron chi connectivity index (χ1n) is 6.77. The van der Waals surface area contributed by atoms with Crippen molar-refractivity contribution >= 4 is 26.9 Å². The van der Waals surface area contributed by atoms with E-state index >= 15 is 0 Å². The van der Waals surface area contributed by atoms with Crippen LogP contribution in [0.2, 0.25) is 0 Å². The average Bonchev–Trinajstić information content (AvgIpc) is 2.36. The molecule has 0 fully saturated rings. The maximum absolute atomic E-state index is 12.1. The predicted octanol–water partition coefficient (Wildman–Crippen LogP) is 4.35. The Morgan fingerprint density at radius 3 is 2.48 bits per heavy atom. The van der Waals surface area contributed by atoms with E-state index in [4.69, 9.17) is 4.74 Å². The fraction of sp³-hybridized carbons (Fsp3) is 0.533. The fourth-order valence-corrected chi connectivity index (χ4v) is 3.93. The van der Waals surface area contributed by atoms with E-state index in [1.54, 1.807) is 6.07 Å². The second kappa shape index (κ2) is 7.31. The molecule has 1 aromatic rings. The molecule has 6 heteroatoms. The lowest BCUT2D eigenvalue weighted by molar-refractivity contribution is 0.186. The molecule has 0 saturated carbocycles. The second-order valence-electron chi connectivity index (χ2n) is 6.01. The summed E-state index contributed by atoms with van der Waals surface area (Å²) in [7, 11) is 1.21. The van der Waals surface area contributed by atoms with Crippen molar-refractivity contribution in [2.45, 2.75) is 45.3 Å². The van der Waals surface area contributed by atoms with Crippen LogP contribution in [-0.4, -0.2) is 26.4 Å². The van der Waals surface area contributed by atoms with Gasteiger partial charge >= 0.3 is 6.09 Å². The van der Waals surface area contributed by atoms with Crippen LogP contribution < -0.4 is 4.74 Å². The molecule has 1 aromatic carbocycles. The Bertz CT molecular complexity index is 524. The van der Waals surface area contributed by atoms with Gasteiger partial charge in [-0.1, -0.05) is 26.0 Å². The molecule has 118 valence electrons. The van der Waals surface area contributed by atoms with Crippen molar-refractivity contribution in [1.29, 1.82) is 0 Å². The molecular weight excluding hydrogens is 306 g/mol. The first-order valence-corrected chi connectivity index (χ1v) is 9.21. The van der Waals surface area contributed by atoms with E-state index in [-0.39, 0.29) is 4.75 Å². The summed E-state index contributed by atoms with van der Waals surface area (Å²) < 4.78 is 18.3. The minimum absolute atomic E-state index is 0.197. The van der Waals surface area contributed by atoms with Crippen LogP contribution in [0.3, 0.4) is 0 Å². The summed E-state index contributed by atoms with van der Waals surface area (Å²) in [4.78, 5) is 12.0. The van der Waals surface area contributed by atoms with E-state index in [0.717, 1.165) is 9.87 Å². The number of ether oxygens (including phenoxy) is 1. The molecule has 0 aliphatic heterocycles. The van der Waals surface area contributed by atoms with Crippen LogP contribution in [0.1, 0.15) is 46.1 Å². The van der Waals surface area contributed by atoms with Crippen molar-refractivity contribution in [2.24, 2.45) is 0 Å². The third-order valence-corrected chi connectivity index (χ3v) is 6.37. The molecule has 0 radical (unpaired) electrons. The number of nitrogens with zero attached hydrogens (tertiary/aromatic N) is 1. The highest BCUT2D eigenvalue weighted by atomic mass is 33.1. The summed E-state index contributed by atoms with van der Waals surface area (Å²) in [5.74, 6) is 0.822. The zero-order chi connectivity index (χ0) is 16.2. The maximum atomic E-state index is 12.1. The van der Waals surface area contributed by atoms with Crippen molar-refractivity contribution in [1.82, 2.24) is 4.31 Å². The highest BCUT2D eigenvalue weighted by molar-refractivity contribution is 8.68. The van der Waals surface area contributed by atoms with Crippen LogP contribution in [0.4, 0.5) is 4.79 Å². The second-order valence-corrected chi connectivity index (χ2v) is 9.73. The number of hydrogen-bond acceptors (Lipinski definition) is 4. The largest absolute Gasteiger partial charge is 0.427 e. The van der Waals surface area contributed by atoms with E-state index in [2.05, 4.69) is 13.8 Å². The number of carbonyl (C=O) groups excluding carboxylic acids is 1. The Morgan fingerprint density at radius 2 is 1.95 bits per heavy atom. The van der Waals surface area contributed by atoms with Gasteiger partial charge in [-0.2, -0.15) is 0 Å². The van der Waals surface area contributed by atoms with Crippen LogP contribution in [0.15, 0.2) is 24.3 Å². The lowest BCUT2D eigenvalue weighted by atomic mass is 10.0. The molecule has 0 saturated heterocycles. The average molecular weight is 329 g/mol.